The second kappa shape index (κ2) is 7.13. The quantitative estimate of drug-likeness (QED) is 0.783. The van der Waals surface area contributed by atoms with Gasteiger partial charge in [-0.15, -0.1) is 0 Å². The van der Waals surface area contributed by atoms with Crippen LogP contribution in [-0.2, 0) is 9.53 Å². The Morgan fingerprint density at radius 3 is 2.89 bits per heavy atom. The normalized spacial score (nSPS) is 33.1. The van der Waals surface area contributed by atoms with Crippen LogP contribution < -0.4 is 5.32 Å². The summed E-state index contributed by atoms with van der Waals surface area (Å²) in [4.78, 5) is 11.8. The van der Waals surface area contributed by atoms with Gasteiger partial charge in [0.2, 0.25) is 0 Å². The molecule has 0 aromatic carbocycles. The Balaban J connectivity index is 1.62. The van der Waals surface area contributed by atoms with Crippen molar-refractivity contribution in [2.75, 3.05) is 13.1 Å². The third-order valence-electron chi connectivity index (χ3n) is 4.34. The summed E-state index contributed by atoms with van der Waals surface area (Å²) in [5, 5.41) is 3.39. The van der Waals surface area contributed by atoms with Crippen LogP contribution in [0.15, 0.2) is 0 Å². The van der Waals surface area contributed by atoms with Gasteiger partial charge in [0.1, 0.15) is 6.10 Å². The molecule has 3 nitrogen and oxygen atoms in total. The first-order valence-corrected chi connectivity index (χ1v) is 7.64. The first-order valence-electron chi connectivity index (χ1n) is 7.64. The monoisotopic (exact) mass is 253 g/mol. The Morgan fingerprint density at radius 1 is 1.28 bits per heavy atom. The van der Waals surface area contributed by atoms with E-state index in [4.69, 9.17) is 4.74 Å². The number of ether oxygens (including phenoxy) is 1. The molecule has 1 aliphatic heterocycles. The Labute approximate surface area is 111 Å². The van der Waals surface area contributed by atoms with Crippen molar-refractivity contribution in [1.82, 2.24) is 5.32 Å². The maximum Gasteiger partial charge on any atom is 0.306 e. The molecule has 104 valence electrons. The molecule has 2 rings (SSSR count). The largest absolute Gasteiger partial charge is 0.462 e. The van der Waals surface area contributed by atoms with Crippen molar-refractivity contribution in [2.45, 2.75) is 64.4 Å². The molecule has 1 heterocycles. The van der Waals surface area contributed by atoms with Crippen LogP contribution in [-0.4, -0.2) is 25.2 Å². The fourth-order valence-electron chi connectivity index (χ4n) is 3.22. The van der Waals surface area contributed by atoms with Crippen LogP contribution in [0.2, 0.25) is 0 Å². The van der Waals surface area contributed by atoms with Gasteiger partial charge in [-0.3, -0.25) is 4.79 Å². The topological polar surface area (TPSA) is 38.3 Å². The summed E-state index contributed by atoms with van der Waals surface area (Å²) in [5.74, 6) is 1.43. The van der Waals surface area contributed by atoms with Crippen molar-refractivity contribution in [1.29, 1.82) is 0 Å². The molecule has 0 aromatic rings. The van der Waals surface area contributed by atoms with Crippen LogP contribution in [0.3, 0.4) is 0 Å². The SMILES string of the molecule is CC1CCCC(OC(=O)CCC2CCCNC2)C1. The summed E-state index contributed by atoms with van der Waals surface area (Å²) in [6, 6.07) is 0. The zero-order valence-corrected chi connectivity index (χ0v) is 11.6. The predicted molar refractivity (Wildman–Crippen MR) is 72.3 cm³/mol. The highest BCUT2D eigenvalue weighted by atomic mass is 16.5. The number of carbonyl (C=O) groups excluding carboxylic acids is 1. The molecule has 2 fully saturated rings. The summed E-state index contributed by atoms with van der Waals surface area (Å²) >= 11 is 0. The lowest BCUT2D eigenvalue weighted by Gasteiger charge is -2.27. The minimum Gasteiger partial charge on any atom is -0.462 e. The molecule has 0 aromatic heterocycles. The Morgan fingerprint density at radius 2 is 2.17 bits per heavy atom. The molecule has 3 heteroatoms. The number of nitrogens with one attached hydrogen (secondary N) is 1. The first kappa shape index (κ1) is 13.9. The average molecular weight is 253 g/mol. The smallest absolute Gasteiger partial charge is 0.306 e. The van der Waals surface area contributed by atoms with Gasteiger partial charge < -0.3 is 10.1 Å². The molecule has 1 N–H and O–H groups in total. The second-order valence-electron chi connectivity index (χ2n) is 6.13. The number of carbonyl (C=O) groups is 1. The summed E-state index contributed by atoms with van der Waals surface area (Å²) < 4.78 is 5.59. The van der Waals surface area contributed by atoms with Gasteiger partial charge in [-0.25, -0.2) is 0 Å². The Hall–Kier alpha value is -0.570. The van der Waals surface area contributed by atoms with Gasteiger partial charge in [0.15, 0.2) is 0 Å². The Kier molecular flexibility index (Phi) is 5.48. The highest BCUT2D eigenvalue weighted by molar-refractivity contribution is 5.69. The van der Waals surface area contributed by atoms with E-state index >= 15 is 0 Å². The van der Waals surface area contributed by atoms with E-state index in [9.17, 15) is 4.79 Å². The van der Waals surface area contributed by atoms with Gasteiger partial charge >= 0.3 is 5.97 Å². The highest BCUT2D eigenvalue weighted by Crippen LogP contribution is 2.26. The number of esters is 1. The summed E-state index contributed by atoms with van der Waals surface area (Å²) in [5.41, 5.74) is 0. The van der Waals surface area contributed by atoms with Gasteiger partial charge in [0.05, 0.1) is 0 Å². The standard InChI is InChI=1S/C15H27NO2/c1-12-4-2-6-14(10-12)18-15(17)8-7-13-5-3-9-16-11-13/h12-14,16H,2-11H2,1H3. The van der Waals surface area contributed by atoms with Crippen LogP contribution in [0.25, 0.3) is 0 Å². The summed E-state index contributed by atoms with van der Waals surface area (Å²) in [6.07, 6.45) is 8.96. The molecule has 0 radical (unpaired) electrons. The molecule has 1 saturated heterocycles. The molecule has 3 unspecified atom stereocenters. The third kappa shape index (κ3) is 4.60. The minimum absolute atomic E-state index is 0.0275. The van der Waals surface area contributed by atoms with E-state index in [1.54, 1.807) is 0 Å². The third-order valence-corrected chi connectivity index (χ3v) is 4.34. The van der Waals surface area contributed by atoms with Crippen molar-refractivity contribution >= 4 is 5.97 Å². The maximum atomic E-state index is 11.8. The van der Waals surface area contributed by atoms with Gasteiger partial charge in [-0.1, -0.05) is 13.3 Å². The molecule has 1 saturated carbocycles. The first-order chi connectivity index (χ1) is 8.74. The lowest BCUT2D eigenvalue weighted by Crippen LogP contribution is -2.30. The minimum atomic E-state index is 0.0275. The van der Waals surface area contributed by atoms with E-state index in [2.05, 4.69) is 12.2 Å². The van der Waals surface area contributed by atoms with Crippen LogP contribution >= 0.6 is 0 Å². The van der Waals surface area contributed by atoms with E-state index in [0.717, 1.165) is 38.3 Å². The van der Waals surface area contributed by atoms with Crippen molar-refractivity contribution in [3.8, 4) is 0 Å². The fraction of sp³-hybridized carbons (Fsp3) is 0.933. The zero-order chi connectivity index (χ0) is 12.8. The lowest BCUT2D eigenvalue weighted by atomic mass is 9.88. The second-order valence-corrected chi connectivity index (χ2v) is 6.13. The highest BCUT2D eigenvalue weighted by Gasteiger charge is 2.22. The Bertz CT molecular complexity index is 261. The van der Waals surface area contributed by atoms with E-state index in [-0.39, 0.29) is 12.1 Å². The van der Waals surface area contributed by atoms with Crippen molar-refractivity contribution < 1.29 is 9.53 Å². The van der Waals surface area contributed by atoms with Crippen LogP contribution in [0, 0.1) is 11.8 Å². The number of piperidine rings is 1. The van der Waals surface area contributed by atoms with Crippen molar-refractivity contribution in [3.63, 3.8) is 0 Å². The lowest BCUT2D eigenvalue weighted by molar-refractivity contribution is -0.151. The molecule has 2 aliphatic rings. The van der Waals surface area contributed by atoms with Gasteiger partial charge in [0, 0.05) is 6.42 Å². The fourth-order valence-corrected chi connectivity index (χ4v) is 3.22. The van der Waals surface area contributed by atoms with E-state index < -0.39 is 0 Å². The summed E-state index contributed by atoms with van der Waals surface area (Å²) in [6.45, 7) is 4.47. The molecule has 0 amide bonds. The molecule has 18 heavy (non-hydrogen) atoms. The maximum absolute atomic E-state index is 11.8. The number of hydrogen-bond acceptors (Lipinski definition) is 3. The van der Waals surface area contributed by atoms with Gasteiger partial charge in [-0.2, -0.15) is 0 Å². The summed E-state index contributed by atoms with van der Waals surface area (Å²) in [7, 11) is 0. The molecular weight excluding hydrogens is 226 g/mol. The van der Waals surface area contributed by atoms with Crippen molar-refractivity contribution in [2.24, 2.45) is 11.8 Å². The van der Waals surface area contributed by atoms with E-state index in [0.29, 0.717) is 12.3 Å². The predicted octanol–water partition coefficient (Wildman–Crippen LogP) is 2.89. The van der Waals surface area contributed by atoms with E-state index in [1.807, 2.05) is 0 Å². The van der Waals surface area contributed by atoms with Crippen molar-refractivity contribution in [3.05, 3.63) is 0 Å². The molecular formula is C15H27NO2. The average Bonchev–Trinajstić information content (AvgIpc) is 2.38. The van der Waals surface area contributed by atoms with Crippen LogP contribution in [0.5, 0.6) is 0 Å². The van der Waals surface area contributed by atoms with E-state index in [1.165, 1.54) is 25.7 Å². The van der Waals surface area contributed by atoms with Gasteiger partial charge in [0.25, 0.3) is 0 Å². The number of hydrogen-bond donors (Lipinski definition) is 1. The van der Waals surface area contributed by atoms with Crippen LogP contribution in [0.4, 0.5) is 0 Å². The zero-order valence-electron chi connectivity index (χ0n) is 11.6. The molecule has 0 bridgehead atoms. The number of rotatable bonds is 4. The molecule has 1 aliphatic carbocycles. The van der Waals surface area contributed by atoms with Gasteiger partial charge in [-0.05, 0) is 63.5 Å². The molecule has 3 atom stereocenters. The van der Waals surface area contributed by atoms with Crippen LogP contribution in [0.1, 0.15) is 58.3 Å². The molecule has 0 spiro atoms.